The average molecular weight is 278 g/mol. The van der Waals surface area contributed by atoms with Crippen LogP contribution >= 0.6 is 11.8 Å². The van der Waals surface area contributed by atoms with Crippen molar-refractivity contribution in [2.24, 2.45) is 11.8 Å². The Morgan fingerprint density at radius 2 is 2.11 bits per heavy atom. The Morgan fingerprint density at radius 1 is 1.37 bits per heavy atom. The van der Waals surface area contributed by atoms with Gasteiger partial charge in [0.15, 0.2) is 0 Å². The van der Waals surface area contributed by atoms with E-state index in [-0.39, 0.29) is 11.2 Å². The van der Waals surface area contributed by atoms with E-state index in [0.717, 1.165) is 25.7 Å². The van der Waals surface area contributed by atoms with E-state index >= 15 is 0 Å². The second-order valence-corrected chi connectivity index (χ2v) is 6.73. The lowest BCUT2D eigenvalue weighted by molar-refractivity contribution is -0.142. The second-order valence-electron chi connectivity index (χ2n) is 5.45. The van der Waals surface area contributed by atoms with Gasteiger partial charge in [0.25, 0.3) is 0 Å². The van der Waals surface area contributed by atoms with Crippen molar-refractivity contribution < 1.29 is 9.90 Å². The van der Waals surface area contributed by atoms with Gasteiger partial charge < -0.3 is 5.11 Å². The molecule has 1 fully saturated rings. The summed E-state index contributed by atoms with van der Waals surface area (Å²) in [6.07, 6.45) is 4.10. The number of hydrogen-bond acceptors (Lipinski definition) is 2. The van der Waals surface area contributed by atoms with Crippen molar-refractivity contribution in [3.63, 3.8) is 0 Å². The van der Waals surface area contributed by atoms with Crippen molar-refractivity contribution >= 4 is 17.7 Å². The zero-order chi connectivity index (χ0) is 13.8. The minimum atomic E-state index is -0.624. The molecule has 1 aromatic carbocycles. The molecule has 1 saturated carbocycles. The number of benzene rings is 1. The van der Waals surface area contributed by atoms with Crippen LogP contribution in [0, 0.1) is 18.8 Å². The van der Waals surface area contributed by atoms with Crippen LogP contribution in [0.1, 0.15) is 38.2 Å². The molecule has 0 spiro atoms. The van der Waals surface area contributed by atoms with E-state index in [1.54, 1.807) is 11.8 Å². The third kappa shape index (κ3) is 3.53. The molecule has 2 nitrogen and oxygen atoms in total. The summed E-state index contributed by atoms with van der Waals surface area (Å²) in [5, 5.41) is 9.62. The molecule has 0 bridgehead atoms. The maximum atomic E-state index is 11.4. The fraction of sp³-hybridized carbons (Fsp3) is 0.562. The molecule has 2 rings (SSSR count). The van der Waals surface area contributed by atoms with Crippen LogP contribution < -0.4 is 0 Å². The summed E-state index contributed by atoms with van der Waals surface area (Å²) in [4.78, 5) is 12.7. The zero-order valence-corrected chi connectivity index (χ0v) is 12.5. The molecule has 0 radical (unpaired) electrons. The second kappa shape index (κ2) is 6.47. The minimum absolute atomic E-state index is 0.188. The molecule has 1 aromatic rings. The predicted octanol–water partition coefficient (Wildman–Crippen LogP) is 4.37. The smallest absolute Gasteiger partial charge is 0.307 e. The van der Waals surface area contributed by atoms with Gasteiger partial charge in [0.2, 0.25) is 0 Å². The van der Waals surface area contributed by atoms with Crippen LogP contribution in [0.5, 0.6) is 0 Å². The third-order valence-electron chi connectivity index (χ3n) is 4.17. The van der Waals surface area contributed by atoms with E-state index in [9.17, 15) is 9.90 Å². The first-order valence-corrected chi connectivity index (χ1v) is 7.94. The molecule has 0 amide bonds. The molecule has 3 heteroatoms. The van der Waals surface area contributed by atoms with Gasteiger partial charge in [0, 0.05) is 10.1 Å². The van der Waals surface area contributed by atoms with Crippen molar-refractivity contribution in [2.45, 2.75) is 49.7 Å². The van der Waals surface area contributed by atoms with Crippen molar-refractivity contribution in [3.05, 3.63) is 29.8 Å². The summed E-state index contributed by atoms with van der Waals surface area (Å²) < 4.78 is 0. The Bertz CT molecular complexity index is 444. The standard InChI is InChI=1S/C16H22O2S/c1-3-12-8-9-13(16(17)18)15(10-12)19-14-7-5-4-6-11(14)2/h4-7,12-13,15H,3,8-10H2,1-2H3,(H,17,18). The summed E-state index contributed by atoms with van der Waals surface area (Å²) in [6.45, 7) is 4.31. The number of aliphatic carboxylic acids is 1. The van der Waals surface area contributed by atoms with Crippen molar-refractivity contribution in [3.8, 4) is 0 Å². The average Bonchev–Trinajstić information content (AvgIpc) is 2.41. The summed E-state index contributed by atoms with van der Waals surface area (Å²) in [6, 6.07) is 8.27. The van der Waals surface area contributed by atoms with Crippen molar-refractivity contribution in [2.75, 3.05) is 0 Å². The van der Waals surface area contributed by atoms with Crippen LogP contribution in [0.25, 0.3) is 0 Å². The maximum absolute atomic E-state index is 11.4. The highest BCUT2D eigenvalue weighted by Gasteiger charge is 2.35. The molecule has 1 aliphatic rings. The van der Waals surface area contributed by atoms with E-state index in [1.807, 2.05) is 12.1 Å². The number of carbonyl (C=O) groups is 1. The van der Waals surface area contributed by atoms with Crippen LogP contribution in [-0.2, 0) is 4.79 Å². The molecule has 0 aliphatic heterocycles. The highest BCUT2D eigenvalue weighted by Crippen LogP contribution is 2.41. The molecule has 0 saturated heterocycles. The first-order valence-electron chi connectivity index (χ1n) is 7.07. The van der Waals surface area contributed by atoms with Crippen LogP contribution in [0.2, 0.25) is 0 Å². The third-order valence-corrected chi connectivity index (χ3v) is 5.70. The van der Waals surface area contributed by atoms with Gasteiger partial charge in [-0.15, -0.1) is 11.8 Å². The molecule has 104 valence electrons. The molecule has 0 heterocycles. The summed E-state index contributed by atoms with van der Waals surface area (Å²) in [5.41, 5.74) is 1.25. The Kier molecular flexibility index (Phi) is 4.92. The minimum Gasteiger partial charge on any atom is -0.481 e. The van der Waals surface area contributed by atoms with Gasteiger partial charge in [-0.1, -0.05) is 31.5 Å². The molecular weight excluding hydrogens is 256 g/mol. The topological polar surface area (TPSA) is 37.3 Å². The first kappa shape index (κ1) is 14.4. The quantitative estimate of drug-likeness (QED) is 0.888. The van der Waals surface area contributed by atoms with Gasteiger partial charge in [-0.05, 0) is 43.7 Å². The molecular formula is C16H22O2S. The highest BCUT2D eigenvalue weighted by atomic mass is 32.2. The molecule has 0 aromatic heterocycles. The van der Waals surface area contributed by atoms with Crippen LogP contribution in [-0.4, -0.2) is 16.3 Å². The van der Waals surface area contributed by atoms with Gasteiger partial charge in [0.1, 0.15) is 0 Å². The Hall–Kier alpha value is -0.960. The van der Waals surface area contributed by atoms with Crippen molar-refractivity contribution in [1.82, 2.24) is 0 Å². The SMILES string of the molecule is CCC1CCC(C(=O)O)C(Sc2ccccc2C)C1. The Morgan fingerprint density at radius 3 is 2.74 bits per heavy atom. The largest absolute Gasteiger partial charge is 0.481 e. The fourth-order valence-corrected chi connectivity index (χ4v) is 4.37. The summed E-state index contributed by atoms with van der Waals surface area (Å²) >= 11 is 1.77. The first-order chi connectivity index (χ1) is 9.11. The van der Waals surface area contributed by atoms with Crippen LogP contribution in [0.15, 0.2) is 29.2 Å². The number of rotatable bonds is 4. The summed E-state index contributed by atoms with van der Waals surface area (Å²) in [7, 11) is 0. The molecule has 19 heavy (non-hydrogen) atoms. The van der Waals surface area contributed by atoms with E-state index < -0.39 is 5.97 Å². The zero-order valence-electron chi connectivity index (χ0n) is 11.6. The number of thioether (sulfide) groups is 1. The van der Waals surface area contributed by atoms with E-state index in [4.69, 9.17) is 0 Å². The molecule has 1 N–H and O–H groups in total. The fourth-order valence-electron chi connectivity index (χ4n) is 2.85. The lowest BCUT2D eigenvalue weighted by Crippen LogP contribution is -2.32. The number of carboxylic acids is 1. The van der Waals surface area contributed by atoms with E-state index in [0.29, 0.717) is 5.92 Å². The summed E-state index contributed by atoms with van der Waals surface area (Å²) in [5.74, 6) is -0.120. The van der Waals surface area contributed by atoms with Gasteiger partial charge in [-0.25, -0.2) is 0 Å². The van der Waals surface area contributed by atoms with E-state index in [1.165, 1.54) is 10.5 Å². The lowest BCUT2D eigenvalue weighted by atomic mass is 9.80. The number of aryl methyl sites for hydroxylation is 1. The molecule has 3 unspecified atom stereocenters. The number of hydrogen-bond donors (Lipinski definition) is 1. The van der Waals surface area contributed by atoms with Crippen LogP contribution in [0.3, 0.4) is 0 Å². The number of carboxylic acid groups (broad SMARTS) is 1. The van der Waals surface area contributed by atoms with E-state index in [2.05, 4.69) is 26.0 Å². The van der Waals surface area contributed by atoms with Gasteiger partial charge >= 0.3 is 5.97 Å². The van der Waals surface area contributed by atoms with Crippen LogP contribution in [0.4, 0.5) is 0 Å². The Labute approximate surface area is 119 Å². The van der Waals surface area contributed by atoms with Gasteiger partial charge in [0.05, 0.1) is 5.92 Å². The highest BCUT2D eigenvalue weighted by molar-refractivity contribution is 8.00. The van der Waals surface area contributed by atoms with Crippen molar-refractivity contribution in [1.29, 1.82) is 0 Å². The molecule has 1 aliphatic carbocycles. The monoisotopic (exact) mass is 278 g/mol. The molecule has 3 atom stereocenters. The Balaban J connectivity index is 2.13. The maximum Gasteiger partial charge on any atom is 0.307 e. The van der Waals surface area contributed by atoms with Gasteiger partial charge in [-0.3, -0.25) is 4.79 Å². The normalized spacial score (nSPS) is 27.2. The predicted molar refractivity (Wildman–Crippen MR) is 79.6 cm³/mol. The van der Waals surface area contributed by atoms with Gasteiger partial charge in [-0.2, -0.15) is 0 Å². The lowest BCUT2D eigenvalue weighted by Gasteiger charge is -2.33.